The van der Waals surface area contributed by atoms with E-state index < -0.39 is 22.9 Å². The number of nitro benzene ring substituents is 1. The van der Waals surface area contributed by atoms with Crippen LogP contribution in [0.2, 0.25) is 0 Å². The number of halogens is 4. The number of fused-ring (bicyclic) bond motifs is 3. The topological polar surface area (TPSA) is 63.5 Å². The second kappa shape index (κ2) is 5.62. The number of benzene rings is 2. The zero-order valence-electron chi connectivity index (χ0n) is 12.0. The molecule has 2 aromatic carbocycles. The standard InChI is InChI=1S/C15H10ClF3N2O3/c16-6-9-7-20(14(22)15(17,18)19)10-5-4-8-2-1-3-11(21(23)24)12(8)13(9)10/h1-5,9H,6-7H2. The molecule has 0 bridgehead atoms. The van der Waals surface area contributed by atoms with Gasteiger partial charge in [0.05, 0.1) is 10.3 Å². The molecule has 1 atom stereocenters. The summed E-state index contributed by atoms with van der Waals surface area (Å²) < 4.78 is 38.4. The highest BCUT2D eigenvalue weighted by Crippen LogP contribution is 2.45. The average Bonchev–Trinajstić information content (AvgIpc) is 2.91. The average molecular weight is 359 g/mol. The predicted molar refractivity (Wildman–Crippen MR) is 82.5 cm³/mol. The van der Waals surface area contributed by atoms with E-state index in [1.54, 1.807) is 6.07 Å². The molecule has 5 nitrogen and oxygen atoms in total. The summed E-state index contributed by atoms with van der Waals surface area (Å²) in [5.41, 5.74) is 0.109. The highest BCUT2D eigenvalue weighted by Gasteiger charge is 2.47. The minimum absolute atomic E-state index is 0.0183. The van der Waals surface area contributed by atoms with E-state index in [-0.39, 0.29) is 29.2 Å². The number of carbonyl (C=O) groups is 1. The minimum atomic E-state index is -5.03. The molecule has 1 amide bonds. The Kier molecular flexibility index (Phi) is 3.87. The number of rotatable bonds is 2. The molecule has 0 saturated heterocycles. The van der Waals surface area contributed by atoms with Crippen LogP contribution in [0, 0.1) is 10.1 Å². The van der Waals surface area contributed by atoms with Crippen LogP contribution < -0.4 is 4.90 Å². The van der Waals surface area contributed by atoms with Crippen molar-refractivity contribution in [1.82, 2.24) is 0 Å². The van der Waals surface area contributed by atoms with E-state index in [2.05, 4.69) is 0 Å². The maximum atomic E-state index is 12.8. The number of non-ortho nitro benzene ring substituents is 1. The zero-order chi connectivity index (χ0) is 17.6. The van der Waals surface area contributed by atoms with Gasteiger partial charge in [-0.1, -0.05) is 18.2 Å². The van der Waals surface area contributed by atoms with Gasteiger partial charge in [0.2, 0.25) is 0 Å². The van der Waals surface area contributed by atoms with E-state index in [4.69, 9.17) is 11.6 Å². The van der Waals surface area contributed by atoms with Gasteiger partial charge in [0.15, 0.2) is 0 Å². The Bertz CT molecular complexity index is 854. The number of carbonyl (C=O) groups excluding carboxylic acids is 1. The normalized spacial score (nSPS) is 17.2. The van der Waals surface area contributed by atoms with Crippen LogP contribution in [0.25, 0.3) is 10.8 Å². The van der Waals surface area contributed by atoms with E-state index in [1.165, 1.54) is 24.3 Å². The summed E-state index contributed by atoms with van der Waals surface area (Å²) in [7, 11) is 0. The van der Waals surface area contributed by atoms with Crippen LogP contribution in [0.3, 0.4) is 0 Å². The van der Waals surface area contributed by atoms with Gasteiger partial charge in [-0.15, -0.1) is 11.6 Å². The first-order valence-corrected chi connectivity index (χ1v) is 7.43. The summed E-state index contributed by atoms with van der Waals surface area (Å²) in [5.74, 6) is -2.67. The zero-order valence-corrected chi connectivity index (χ0v) is 12.8. The molecule has 0 saturated carbocycles. The summed E-state index contributed by atoms with van der Waals surface area (Å²) in [6, 6.07) is 7.24. The molecule has 1 aliphatic rings. The van der Waals surface area contributed by atoms with E-state index in [0.29, 0.717) is 15.8 Å². The van der Waals surface area contributed by atoms with Gasteiger partial charge in [-0.05, 0) is 17.0 Å². The number of hydrogen-bond acceptors (Lipinski definition) is 3. The van der Waals surface area contributed by atoms with Crippen LogP contribution in [0.5, 0.6) is 0 Å². The highest BCUT2D eigenvalue weighted by atomic mass is 35.5. The molecule has 0 aromatic heterocycles. The molecule has 0 fully saturated rings. The molecule has 0 radical (unpaired) electrons. The number of anilines is 1. The van der Waals surface area contributed by atoms with Crippen molar-refractivity contribution in [3.63, 3.8) is 0 Å². The summed E-state index contributed by atoms with van der Waals surface area (Å²) in [6.07, 6.45) is -5.03. The first-order chi connectivity index (χ1) is 11.3. The lowest BCUT2D eigenvalue weighted by Gasteiger charge is -2.19. The number of nitrogens with zero attached hydrogens (tertiary/aromatic N) is 2. The quantitative estimate of drug-likeness (QED) is 0.463. The van der Waals surface area contributed by atoms with Gasteiger partial charge >= 0.3 is 12.1 Å². The predicted octanol–water partition coefficient (Wildman–Crippen LogP) is 3.98. The molecule has 1 aliphatic heterocycles. The molecule has 0 aliphatic carbocycles. The molecule has 24 heavy (non-hydrogen) atoms. The number of alkyl halides is 4. The van der Waals surface area contributed by atoms with Gasteiger partial charge in [0.25, 0.3) is 5.69 Å². The van der Waals surface area contributed by atoms with Crippen LogP contribution in [-0.2, 0) is 4.79 Å². The lowest BCUT2D eigenvalue weighted by atomic mass is 9.95. The Morgan fingerprint density at radius 2 is 2.04 bits per heavy atom. The van der Waals surface area contributed by atoms with Crippen molar-refractivity contribution < 1.29 is 22.9 Å². The third-order valence-corrected chi connectivity index (χ3v) is 4.39. The number of hydrogen-bond donors (Lipinski definition) is 0. The van der Waals surface area contributed by atoms with Crippen molar-refractivity contribution in [2.45, 2.75) is 12.1 Å². The van der Waals surface area contributed by atoms with Crippen molar-refractivity contribution in [3.05, 3.63) is 46.0 Å². The van der Waals surface area contributed by atoms with Gasteiger partial charge in [-0.2, -0.15) is 13.2 Å². The van der Waals surface area contributed by atoms with Gasteiger partial charge in [-0.3, -0.25) is 14.9 Å². The van der Waals surface area contributed by atoms with Crippen LogP contribution in [0.4, 0.5) is 24.5 Å². The third kappa shape index (κ3) is 2.47. The Balaban J connectivity index is 2.29. The molecule has 1 heterocycles. The summed E-state index contributed by atoms with van der Waals surface area (Å²) in [6.45, 7) is -0.262. The fourth-order valence-electron chi connectivity index (χ4n) is 3.06. The third-order valence-electron chi connectivity index (χ3n) is 4.01. The summed E-state index contributed by atoms with van der Waals surface area (Å²) >= 11 is 5.86. The minimum Gasteiger partial charge on any atom is -0.304 e. The molecule has 126 valence electrons. The Morgan fingerprint density at radius 1 is 1.33 bits per heavy atom. The van der Waals surface area contributed by atoms with Crippen molar-refractivity contribution in [2.75, 3.05) is 17.3 Å². The maximum absolute atomic E-state index is 12.8. The molecule has 2 aromatic rings. The van der Waals surface area contributed by atoms with E-state index >= 15 is 0 Å². The van der Waals surface area contributed by atoms with E-state index in [9.17, 15) is 28.1 Å². The fourth-order valence-corrected chi connectivity index (χ4v) is 3.31. The Morgan fingerprint density at radius 3 is 2.62 bits per heavy atom. The fraction of sp³-hybridized carbons (Fsp3) is 0.267. The van der Waals surface area contributed by atoms with Crippen molar-refractivity contribution in [2.24, 2.45) is 0 Å². The van der Waals surface area contributed by atoms with E-state index in [0.717, 1.165) is 0 Å². The lowest BCUT2D eigenvalue weighted by molar-refractivity contribution is -0.383. The van der Waals surface area contributed by atoms with Crippen LogP contribution in [0.1, 0.15) is 11.5 Å². The van der Waals surface area contributed by atoms with Crippen molar-refractivity contribution in [3.8, 4) is 0 Å². The number of amides is 1. The summed E-state index contributed by atoms with van der Waals surface area (Å²) in [5, 5.41) is 12.0. The van der Waals surface area contributed by atoms with Crippen LogP contribution >= 0.6 is 11.6 Å². The molecule has 3 rings (SSSR count). The molecular formula is C15H10ClF3N2O3. The molecule has 0 spiro atoms. The second-order valence-electron chi connectivity index (χ2n) is 5.40. The van der Waals surface area contributed by atoms with Gasteiger partial charge in [0.1, 0.15) is 0 Å². The maximum Gasteiger partial charge on any atom is 0.471 e. The molecule has 0 N–H and O–H groups in total. The molecular weight excluding hydrogens is 349 g/mol. The van der Waals surface area contributed by atoms with Crippen molar-refractivity contribution >= 4 is 39.7 Å². The second-order valence-corrected chi connectivity index (χ2v) is 5.70. The first kappa shape index (κ1) is 16.5. The van der Waals surface area contributed by atoms with Gasteiger partial charge in [0, 0.05) is 30.1 Å². The lowest BCUT2D eigenvalue weighted by Crippen LogP contribution is -2.40. The van der Waals surface area contributed by atoms with Crippen molar-refractivity contribution in [1.29, 1.82) is 0 Å². The number of nitro groups is 1. The highest BCUT2D eigenvalue weighted by molar-refractivity contribution is 6.19. The van der Waals surface area contributed by atoms with Crippen LogP contribution in [-0.4, -0.2) is 29.4 Å². The smallest absolute Gasteiger partial charge is 0.304 e. The summed E-state index contributed by atoms with van der Waals surface area (Å²) in [4.78, 5) is 23.0. The Hall–Kier alpha value is -2.35. The Labute approximate surface area is 138 Å². The van der Waals surface area contributed by atoms with Crippen LogP contribution in [0.15, 0.2) is 30.3 Å². The molecule has 9 heteroatoms. The largest absolute Gasteiger partial charge is 0.471 e. The first-order valence-electron chi connectivity index (χ1n) is 6.90. The van der Waals surface area contributed by atoms with E-state index in [1.807, 2.05) is 0 Å². The van der Waals surface area contributed by atoms with Gasteiger partial charge in [-0.25, -0.2) is 0 Å². The molecule has 1 unspecified atom stereocenters. The van der Waals surface area contributed by atoms with Gasteiger partial charge < -0.3 is 4.90 Å². The monoisotopic (exact) mass is 358 g/mol. The SMILES string of the molecule is O=C(N1CC(CCl)c2c1ccc1cccc([N+](=O)[O-])c21)C(F)(F)F.